The highest BCUT2D eigenvalue weighted by atomic mass is 35.5. The van der Waals surface area contributed by atoms with Crippen LogP contribution in [0.2, 0.25) is 0 Å². The number of halogens is 1. The molecule has 2 nitrogen and oxygen atoms in total. The molecule has 0 unspecified atom stereocenters. The summed E-state index contributed by atoms with van der Waals surface area (Å²) in [7, 11) is 1.67. The topological polar surface area (TPSA) is 21.3 Å². The summed E-state index contributed by atoms with van der Waals surface area (Å²) in [6, 6.07) is 7.89. The van der Waals surface area contributed by atoms with Crippen molar-refractivity contribution in [2.45, 2.75) is 6.92 Å². The Bertz CT molecular complexity index is 210. The number of hydrogen-bond donors (Lipinski definition) is 1. The molecule has 0 amide bonds. The van der Waals surface area contributed by atoms with Crippen LogP contribution in [0.15, 0.2) is 24.3 Å². The lowest BCUT2D eigenvalue weighted by molar-refractivity contribution is 0.415. The Morgan fingerprint density at radius 3 is 2.25 bits per heavy atom. The quantitative estimate of drug-likeness (QED) is 0.786. The SMILES string of the molecule is CCNc1ccc(OC)cc1.Cl. The van der Waals surface area contributed by atoms with Crippen LogP contribution in [-0.4, -0.2) is 13.7 Å². The standard InChI is InChI=1S/C9H13NO.ClH/c1-3-10-8-4-6-9(11-2)7-5-8;/h4-7,10H,3H2,1-2H3;1H. The molecule has 0 radical (unpaired) electrons. The van der Waals surface area contributed by atoms with Crippen molar-refractivity contribution in [1.82, 2.24) is 0 Å². The Morgan fingerprint density at radius 2 is 1.83 bits per heavy atom. The lowest BCUT2D eigenvalue weighted by Gasteiger charge is -2.03. The molecular weight excluding hydrogens is 174 g/mol. The number of hydrogen-bond acceptors (Lipinski definition) is 2. The fraction of sp³-hybridized carbons (Fsp3) is 0.333. The molecule has 0 saturated carbocycles. The minimum Gasteiger partial charge on any atom is -0.497 e. The van der Waals surface area contributed by atoms with Gasteiger partial charge in [-0.3, -0.25) is 0 Å². The van der Waals surface area contributed by atoms with Gasteiger partial charge in [-0.25, -0.2) is 0 Å². The lowest BCUT2D eigenvalue weighted by Crippen LogP contribution is -1.95. The van der Waals surface area contributed by atoms with Gasteiger partial charge in [0.1, 0.15) is 5.75 Å². The average Bonchev–Trinajstić information content (AvgIpc) is 2.07. The largest absolute Gasteiger partial charge is 0.497 e. The van der Waals surface area contributed by atoms with Crippen LogP contribution in [0.4, 0.5) is 5.69 Å². The highest BCUT2D eigenvalue weighted by Gasteiger charge is 1.89. The van der Waals surface area contributed by atoms with Gasteiger partial charge in [0.25, 0.3) is 0 Å². The van der Waals surface area contributed by atoms with Crippen molar-refractivity contribution in [1.29, 1.82) is 0 Å². The van der Waals surface area contributed by atoms with Crippen LogP contribution in [0.3, 0.4) is 0 Å². The van der Waals surface area contributed by atoms with Crippen LogP contribution in [0.25, 0.3) is 0 Å². The molecular formula is C9H14ClNO. The van der Waals surface area contributed by atoms with E-state index >= 15 is 0 Å². The summed E-state index contributed by atoms with van der Waals surface area (Å²) in [5.41, 5.74) is 1.13. The fourth-order valence-electron chi connectivity index (χ4n) is 0.913. The lowest BCUT2D eigenvalue weighted by atomic mass is 10.3. The molecule has 1 N–H and O–H groups in total. The van der Waals surface area contributed by atoms with E-state index in [0.717, 1.165) is 18.0 Å². The minimum atomic E-state index is 0. The first kappa shape index (κ1) is 11.1. The Balaban J connectivity index is 0.00000121. The van der Waals surface area contributed by atoms with Gasteiger partial charge in [-0.1, -0.05) is 0 Å². The zero-order valence-electron chi connectivity index (χ0n) is 7.33. The van der Waals surface area contributed by atoms with Crippen LogP contribution in [0.5, 0.6) is 5.75 Å². The summed E-state index contributed by atoms with van der Waals surface area (Å²) in [5, 5.41) is 3.20. The van der Waals surface area contributed by atoms with E-state index < -0.39 is 0 Å². The molecule has 68 valence electrons. The van der Waals surface area contributed by atoms with Crippen molar-refractivity contribution >= 4 is 18.1 Å². The second-order valence-corrected chi connectivity index (χ2v) is 2.26. The zero-order valence-corrected chi connectivity index (χ0v) is 8.15. The summed E-state index contributed by atoms with van der Waals surface area (Å²) in [4.78, 5) is 0. The van der Waals surface area contributed by atoms with Crippen molar-refractivity contribution in [3.05, 3.63) is 24.3 Å². The van der Waals surface area contributed by atoms with E-state index in [1.807, 2.05) is 24.3 Å². The Labute approximate surface area is 79.3 Å². The third kappa shape index (κ3) is 3.01. The molecule has 0 bridgehead atoms. The number of nitrogens with one attached hydrogen (secondary N) is 1. The van der Waals surface area contributed by atoms with Crippen LogP contribution in [0.1, 0.15) is 6.92 Å². The Hall–Kier alpha value is -0.890. The van der Waals surface area contributed by atoms with Gasteiger partial charge in [0, 0.05) is 12.2 Å². The summed E-state index contributed by atoms with van der Waals surface area (Å²) in [6.45, 7) is 3.02. The maximum Gasteiger partial charge on any atom is 0.119 e. The molecule has 0 aliphatic heterocycles. The van der Waals surface area contributed by atoms with Crippen LogP contribution >= 0.6 is 12.4 Å². The molecule has 0 saturated heterocycles. The molecule has 0 aliphatic rings. The van der Waals surface area contributed by atoms with E-state index in [0.29, 0.717) is 0 Å². The normalized spacial score (nSPS) is 8.50. The predicted molar refractivity (Wildman–Crippen MR) is 54.4 cm³/mol. The second kappa shape index (κ2) is 5.72. The number of ether oxygens (including phenoxy) is 1. The van der Waals surface area contributed by atoms with E-state index in [2.05, 4.69) is 12.2 Å². The van der Waals surface area contributed by atoms with Crippen molar-refractivity contribution in [2.75, 3.05) is 19.0 Å². The maximum atomic E-state index is 5.02. The van der Waals surface area contributed by atoms with Gasteiger partial charge < -0.3 is 10.1 Å². The van der Waals surface area contributed by atoms with E-state index in [1.54, 1.807) is 7.11 Å². The zero-order chi connectivity index (χ0) is 8.10. The Morgan fingerprint density at radius 1 is 1.25 bits per heavy atom. The number of methoxy groups -OCH3 is 1. The summed E-state index contributed by atoms with van der Waals surface area (Å²) in [5.74, 6) is 0.895. The van der Waals surface area contributed by atoms with Gasteiger partial charge in [0.2, 0.25) is 0 Å². The van der Waals surface area contributed by atoms with Crippen molar-refractivity contribution < 1.29 is 4.74 Å². The third-order valence-corrected chi connectivity index (χ3v) is 1.47. The van der Waals surface area contributed by atoms with Crippen LogP contribution in [0, 0.1) is 0 Å². The van der Waals surface area contributed by atoms with Crippen molar-refractivity contribution in [3.63, 3.8) is 0 Å². The Kier molecular flexibility index (Phi) is 5.30. The summed E-state index contributed by atoms with van der Waals surface area (Å²) >= 11 is 0. The van der Waals surface area contributed by atoms with Crippen LogP contribution < -0.4 is 10.1 Å². The number of anilines is 1. The first-order valence-corrected chi connectivity index (χ1v) is 3.74. The van der Waals surface area contributed by atoms with E-state index in [1.165, 1.54) is 0 Å². The highest BCUT2D eigenvalue weighted by Crippen LogP contribution is 2.14. The second-order valence-electron chi connectivity index (χ2n) is 2.26. The molecule has 3 heteroatoms. The van der Waals surface area contributed by atoms with Gasteiger partial charge in [0.15, 0.2) is 0 Å². The van der Waals surface area contributed by atoms with Crippen molar-refractivity contribution in [3.8, 4) is 5.75 Å². The number of benzene rings is 1. The molecule has 1 aromatic carbocycles. The van der Waals surface area contributed by atoms with E-state index in [-0.39, 0.29) is 12.4 Å². The summed E-state index contributed by atoms with van der Waals surface area (Å²) in [6.07, 6.45) is 0. The molecule has 0 aromatic heterocycles. The van der Waals surface area contributed by atoms with Crippen molar-refractivity contribution in [2.24, 2.45) is 0 Å². The van der Waals surface area contributed by atoms with Gasteiger partial charge >= 0.3 is 0 Å². The molecule has 0 spiro atoms. The fourth-order valence-corrected chi connectivity index (χ4v) is 0.913. The predicted octanol–water partition coefficient (Wildman–Crippen LogP) is 2.55. The first-order chi connectivity index (χ1) is 5.36. The monoisotopic (exact) mass is 187 g/mol. The number of rotatable bonds is 3. The molecule has 0 fully saturated rings. The smallest absolute Gasteiger partial charge is 0.119 e. The molecule has 1 aromatic rings. The van der Waals surface area contributed by atoms with E-state index in [9.17, 15) is 0 Å². The van der Waals surface area contributed by atoms with Gasteiger partial charge in [0.05, 0.1) is 7.11 Å². The van der Waals surface area contributed by atoms with Crippen LogP contribution in [-0.2, 0) is 0 Å². The molecule has 0 atom stereocenters. The third-order valence-electron chi connectivity index (χ3n) is 1.47. The van der Waals surface area contributed by atoms with Gasteiger partial charge in [-0.2, -0.15) is 0 Å². The molecule has 0 heterocycles. The maximum absolute atomic E-state index is 5.02. The molecule has 12 heavy (non-hydrogen) atoms. The van der Waals surface area contributed by atoms with Gasteiger partial charge in [-0.15, -0.1) is 12.4 Å². The first-order valence-electron chi connectivity index (χ1n) is 3.74. The molecule has 0 aliphatic carbocycles. The molecule has 1 rings (SSSR count). The average molecular weight is 188 g/mol. The highest BCUT2D eigenvalue weighted by molar-refractivity contribution is 5.85. The minimum absolute atomic E-state index is 0. The van der Waals surface area contributed by atoms with Gasteiger partial charge in [-0.05, 0) is 31.2 Å². The summed E-state index contributed by atoms with van der Waals surface area (Å²) < 4.78 is 5.02. The van der Waals surface area contributed by atoms with E-state index in [4.69, 9.17) is 4.74 Å².